The van der Waals surface area contributed by atoms with Gasteiger partial charge in [0.05, 0.1) is 19.4 Å². The fraction of sp³-hybridized carbons (Fsp3) is 0.286. The highest BCUT2D eigenvalue weighted by Gasteiger charge is 2.12. The molecule has 3 rings (SSSR count). The molecular formula is C21H25N5O2S. The number of aromatic nitrogens is 3. The van der Waals surface area contributed by atoms with Crippen molar-refractivity contribution < 1.29 is 9.53 Å². The van der Waals surface area contributed by atoms with Gasteiger partial charge in [-0.15, -0.1) is 10.2 Å². The molecule has 0 bridgehead atoms. The minimum Gasteiger partial charge on any atom is -0.497 e. The van der Waals surface area contributed by atoms with Gasteiger partial charge in [-0.1, -0.05) is 29.5 Å². The summed E-state index contributed by atoms with van der Waals surface area (Å²) >= 11 is 1.36. The molecule has 3 aromatic rings. The van der Waals surface area contributed by atoms with Crippen LogP contribution in [0.3, 0.4) is 0 Å². The zero-order chi connectivity index (χ0) is 20.8. The summed E-state index contributed by atoms with van der Waals surface area (Å²) in [7, 11) is 3.54. The molecule has 0 unspecified atom stereocenters. The van der Waals surface area contributed by atoms with E-state index in [1.165, 1.54) is 17.3 Å². The zero-order valence-corrected chi connectivity index (χ0v) is 17.8. The first-order valence-corrected chi connectivity index (χ1v) is 10.2. The summed E-state index contributed by atoms with van der Waals surface area (Å²) in [4.78, 5) is 12.3. The summed E-state index contributed by atoms with van der Waals surface area (Å²) in [5, 5.41) is 15.4. The first-order valence-electron chi connectivity index (χ1n) is 9.22. The number of nitrogens with zero attached hydrogens (tertiary/aromatic N) is 3. The molecule has 2 N–H and O–H groups in total. The van der Waals surface area contributed by atoms with Crippen LogP contribution in [0, 0.1) is 13.8 Å². The van der Waals surface area contributed by atoms with E-state index in [1.807, 2.05) is 67.9 Å². The van der Waals surface area contributed by atoms with Crippen molar-refractivity contribution in [3.8, 4) is 5.75 Å². The number of hydrogen-bond acceptors (Lipinski definition) is 6. The van der Waals surface area contributed by atoms with Crippen LogP contribution in [0.4, 0.5) is 11.4 Å². The largest absolute Gasteiger partial charge is 0.497 e. The second-order valence-corrected chi connectivity index (χ2v) is 7.64. The molecule has 2 aromatic carbocycles. The number of anilines is 2. The van der Waals surface area contributed by atoms with Crippen LogP contribution in [-0.4, -0.2) is 33.5 Å². The molecule has 0 saturated carbocycles. The lowest BCUT2D eigenvalue weighted by atomic mass is 10.1. The quantitative estimate of drug-likeness (QED) is 0.549. The Morgan fingerprint density at radius 3 is 2.59 bits per heavy atom. The van der Waals surface area contributed by atoms with Gasteiger partial charge in [0, 0.05) is 18.4 Å². The molecule has 0 spiro atoms. The fourth-order valence-corrected chi connectivity index (χ4v) is 3.51. The number of rotatable bonds is 8. The monoisotopic (exact) mass is 411 g/mol. The first-order chi connectivity index (χ1) is 14.0. The number of carbonyl (C=O) groups is 1. The lowest BCUT2D eigenvalue weighted by Crippen LogP contribution is -2.15. The summed E-state index contributed by atoms with van der Waals surface area (Å²) < 4.78 is 7.05. The predicted octanol–water partition coefficient (Wildman–Crippen LogP) is 3.78. The third kappa shape index (κ3) is 5.51. The van der Waals surface area contributed by atoms with Crippen LogP contribution in [0.1, 0.15) is 17.0 Å². The summed E-state index contributed by atoms with van der Waals surface area (Å²) in [5.41, 5.74) is 4.03. The lowest BCUT2D eigenvalue weighted by molar-refractivity contribution is -0.113. The predicted molar refractivity (Wildman–Crippen MR) is 117 cm³/mol. The standard InChI is InChI=1S/C21H25N5O2S/c1-14-5-10-18(15(2)11-14)23-20(27)13-29-21-25-24-19(26(21)3)12-22-16-6-8-17(28-4)9-7-16/h5-11,22H,12-13H2,1-4H3,(H,23,27). The number of hydrogen-bond donors (Lipinski definition) is 2. The van der Waals surface area contributed by atoms with Gasteiger partial charge in [-0.3, -0.25) is 4.79 Å². The SMILES string of the molecule is COc1ccc(NCc2nnc(SCC(=O)Nc3ccc(C)cc3C)n2C)cc1. The van der Waals surface area contributed by atoms with Gasteiger partial charge in [0.25, 0.3) is 0 Å². The molecule has 0 saturated heterocycles. The second kappa shape index (κ2) is 9.47. The molecule has 1 aromatic heterocycles. The van der Waals surface area contributed by atoms with E-state index in [0.29, 0.717) is 11.7 Å². The van der Waals surface area contributed by atoms with E-state index >= 15 is 0 Å². The molecule has 1 amide bonds. The van der Waals surface area contributed by atoms with E-state index < -0.39 is 0 Å². The van der Waals surface area contributed by atoms with Crippen molar-refractivity contribution in [2.24, 2.45) is 7.05 Å². The Kier molecular flexibility index (Phi) is 6.77. The van der Waals surface area contributed by atoms with Gasteiger partial charge >= 0.3 is 0 Å². The fourth-order valence-electron chi connectivity index (χ4n) is 2.78. The Bertz CT molecular complexity index is 985. The molecule has 0 aliphatic heterocycles. The van der Waals surface area contributed by atoms with E-state index in [-0.39, 0.29) is 11.7 Å². The van der Waals surface area contributed by atoms with Gasteiger partial charge in [0.2, 0.25) is 5.91 Å². The summed E-state index contributed by atoms with van der Waals surface area (Å²) in [6, 6.07) is 13.7. The summed E-state index contributed by atoms with van der Waals surface area (Å²) in [6.45, 7) is 4.55. The Balaban J connectivity index is 1.52. The van der Waals surface area contributed by atoms with E-state index in [0.717, 1.165) is 28.5 Å². The summed E-state index contributed by atoms with van der Waals surface area (Å²) in [6.07, 6.45) is 0. The molecule has 0 fully saturated rings. The number of amides is 1. The number of carbonyl (C=O) groups excluding carboxylic acids is 1. The average Bonchev–Trinajstić information content (AvgIpc) is 3.07. The number of benzene rings is 2. The molecule has 152 valence electrons. The maximum Gasteiger partial charge on any atom is 0.234 e. The average molecular weight is 412 g/mol. The number of aryl methyl sites for hydroxylation is 2. The van der Waals surface area contributed by atoms with Crippen LogP contribution < -0.4 is 15.4 Å². The molecule has 0 atom stereocenters. The highest BCUT2D eigenvalue weighted by Crippen LogP contribution is 2.20. The minimum absolute atomic E-state index is 0.0668. The molecule has 0 aliphatic carbocycles. The van der Waals surface area contributed by atoms with Gasteiger partial charge in [-0.05, 0) is 49.7 Å². The lowest BCUT2D eigenvalue weighted by Gasteiger charge is -2.09. The van der Waals surface area contributed by atoms with Gasteiger partial charge in [0.1, 0.15) is 5.75 Å². The van der Waals surface area contributed by atoms with E-state index in [9.17, 15) is 4.79 Å². The molecular weight excluding hydrogens is 386 g/mol. The molecule has 0 aliphatic rings. The summed E-state index contributed by atoms with van der Waals surface area (Å²) in [5.74, 6) is 1.80. The first kappa shape index (κ1) is 20.7. The van der Waals surface area contributed by atoms with Crippen LogP contribution in [0.25, 0.3) is 0 Å². The van der Waals surface area contributed by atoms with Crippen LogP contribution in [0.2, 0.25) is 0 Å². The molecule has 0 radical (unpaired) electrons. The van der Waals surface area contributed by atoms with Gasteiger partial charge in [0.15, 0.2) is 11.0 Å². The van der Waals surface area contributed by atoms with Gasteiger partial charge in [-0.25, -0.2) is 0 Å². The Labute approximate surface area is 174 Å². The van der Waals surface area contributed by atoms with Gasteiger partial charge in [-0.2, -0.15) is 0 Å². The van der Waals surface area contributed by atoms with Crippen molar-refractivity contribution in [3.05, 3.63) is 59.4 Å². The van der Waals surface area contributed by atoms with Crippen LogP contribution in [0.15, 0.2) is 47.6 Å². The van der Waals surface area contributed by atoms with E-state index in [4.69, 9.17) is 4.74 Å². The molecule has 1 heterocycles. The Morgan fingerprint density at radius 2 is 1.90 bits per heavy atom. The smallest absolute Gasteiger partial charge is 0.234 e. The van der Waals surface area contributed by atoms with Gasteiger partial charge < -0.3 is 19.9 Å². The van der Waals surface area contributed by atoms with Crippen molar-refractivity contribution in [2.75, 3.05) is 23.5 Å². The Morgan fingerprint density at radius 1 is 1.14 bits per heavy atom. The van der Waals surface area contributed by atoms with Crippen LogP contribution >= 0.6 is 11.8 Å². The topological polar surface area (TPSA) is 81.1 Å². The van der Waals surface area contributed by atoms with Crippen molar-refractivity contribution in [2.45, 2.75) is 25.5 Å². The van der Waals surface area contributed by atoms with Crippen molar-refractivity contribution >= 4 is 29.0 Å². The maximum atomic E-state index is 12.3. The number of methoxy groups -OCH3 is 1. The minimum atomic E-state index is -0.0668. The highest BCUT2D eigenvalue weighted by molar-refractivity contribution is 7.99. The van der Waals surface area contributed by atoms with Crippen molar-refractivity contribution in [3.63, 3.8) is 0 Å². The molecule has 8 heteroatoms. The highest BCUT2D eigenvalue weighted by atomic mass is 32.2. The second-order valence-electron chi connectivity index (χ2n) is 6.70. The molecule has 7 nitrogen and oxygen atoms in total. The zero-order valence-electron chi connectivity index (χ0n) is 17.0. The third-order valence-corrected chi connectivity index (χ3v) is 5.47. The molecule has 29 heavy (non-hydrogen) atoms. The Hall–Kier alpha value is -3.00. The number of nitrogens with one attached hydrogen (secondary N) is 2. The van der Waals surface area contributed by atoms with Crippen LogP contribution in [-0.2, 0) is 18.4 Å². The van der Waals surface area contributed by atoms with Crippen LogP contribution in [0.5, 0.6) is 5.75 Å². The number of thioether (sulfide) groups is 1. The number of ether oxygens (including phenoxy) is 1. The van der Waals surface area contributed by atoms with Crippen molar-refractivity contribution in [1.29, 1.82) is 0 Å². The maximum absolute atomic E-state index is 12.3. The van der Waals surface area contributed by atoms with E-state index in [2.05, 4.69) is 20.8 Å². The third-order valence-electron chi connectivity index (χ3n) is 4.45. The normalized spacial score (nSPS) is 10.6. The van der Waals surface area contributed by atoms with E-state index in [1.54, 1.807) is 7.11 Å². The van der Waals surface area contributed by atoms with Crippen molar-refractivity contribution in [1.82, 2.24) is 14.8 Å².